The molecule has 0 aliphatic rings. The Balaban J connectivity index is 0.000000640. The minimum Gasteiger partial charge on any atom is -0.269 e. The van der Waals surface area contributed by atoms with E-state index in [9.17, 15) is 0 Å². The van der Waals surface area contributed by atoms with Crippen molar-refractivity contribution in [1.82, 2.24) is 0 Å². The van der Waals surface area contributed by atoms with Gasteiger partial charge >= 0.3 is 0 Å². The van der Waals surface area contributed by atoms with Gasteiger partial charge in [-0.15, -0.1) is 0 Å². The molecule has 0 nitrogen and oxygen atoms in total. The molecule has 0 aliphatic carbocycles. The standard InChI is InChI=1S/C8H10.FH/c1-2-8-6-4-3-5-7-8;/h3-7H,2H2,1H3;1H. The molecule has 0 amide bonds. The first-order chi connectivity index (χ1) is 3.93. The van der Waals surface area contributed by atoms with E-state index in [4.69, 9.17) is 0 Å². The highest BCUT2D eigenvalue weighted by Crippen LogP contribution is 1.96. The molecule has 0 bridgehead atoms. The maximum atomic E-state index is 2.16. The topological polar surface area (TPSA) is 0 Å². The highest BCUT2D eigenvalue weighted by Gasteiger charge is 1.79. The summed E-state index contributed by atoms with van der Waals surface area (Å²) < 4.78 is 0. The van der Waals surface area contributed by atoms with Gasteiger partial charge in [0, 0.05) is 0 Å². The van der Waals surface area contributed by atoms with E-state index in [2.05, 4.69) is 31.2 Å². The molecule has 1 heteroatoms. The van der Waals surface area contributed by atoms with Gasteiger partial charge in [-0.3, -0.25) is 4.70 Å². The van der Waals surface area contributed by atoms with Crippen LogP contribution in [-0.2, 0) is 6.42 Å². The number of aryl methyl sites for hydroxylation is 1. The third kappa shape index (κ3) is 2.27. The van der Waals surface area contributed by atoms with Crippen molar-refractivity contribution in [2.45, 2.75) is 13.3 Å². The predicted octanol–water partition coefficient (Wildman–Crippen LogP) is 2.40. The quantitative estimate of drug-likeness (QED) is 0.542. The van der Waals surface area contributed by atoms with Gasteiger partial charge in [0.25, 0.3) is 0 Å². The first-order valence-corrected chi connectivity index (χ1v) is 2.97. The van der Waals surface area contributed by atoms with E-state index in [0.29, 0.717) is 0 Å². The van der Waals surface area contributed by atoms with Crippen LogP contribution in [0.1, 0.15) is 12.5 Å². The van der Waals surface area contributed by atoms with Crippen molar-refractivity contribution in [3.63, 3.8) is 0 Å². The van der Waals surface area contributed by atoms with E-state index in [1.165, 1.54) is 5.56 Å². The fourth-order valence-corrected chi connectivity index (χ4v) is 0.714. The Hall–Kier alpha value is -0.850. The van der Waals surface area contributed by atoms with Crippen LogP contribution in [0, 0.1) is 0 Å². The summed E-state index contributed by atoms with van der Waals surface area (Å²) >= 11 is 0. The molecule has 0 unspecified atom stereocenters. The summed E-state index contributed by atoms with van der Waals surface area (Å²) in [5.74, 6) is 0. The second kappa shape index (κ2) is 4.07. The summed E-state index contributed by atoms with van der Waals surface area (Å²) in [5, 5.41) is 0. The highest BCUT2D eigenvalue weighted by molar-refractivity contribution is 5.13. The average Bonchev–Trinajstić information content (AvgIpc) is 1.90. The van der Waals surface area contributed by atoms with Crippen LogP contribution in [0.15, 0.2) is 30.3 Å². The lowest BCUT2D eigenvalue weighted by Crippen LogP contribution is -1.73. The van der Waals surface area contributed by atoms with Crippen molar-refractivity contribution < 1.29 is 4.70 Å². The van der Waals surface area contributed by atoms with Crippen molar-refractivity contribution in [3.05, 3.63) is 35.9 Å². The molecule has 0 saturated carbocycles. The summed E-state index contributed by atoms with van der Waals surface area (Å²) in [7, 11) is 0. The Morgan fingerprint density at radius 1 is 1.11 bits per heavy atom. The second-order valence-electron chi connectivity index (χ2n) is 1.84. The second-order valence-corrected chi connectivity index (χ2v) is 1.84. The lowest BCUT2D eigenvalue weighted by atomic mass is 10.2. The molecule has 9 heavy (non-hydrogen) atoms. The third-order valence-electron chi connectivity index (χ3n) is 1.25. The van der Waals surface area contributed by atoms with E-state index < -0.39 is 0 Å². The minimum absolute atomic E-state index is 0. The molecule has 0 N–H and O–H groups in total. The molecule has 0 heterocycles. The molecule has 0 aromatic heterocycles. The van der Waals surface area contributed by atoms with Crippen LogP contribution >= 0.6 is 0 Å². The summed E-state index contributed by atoms with van der Waals surface area (Å²) in [6.07, 6.45) is 1.14. The van der Waals surface area contributed by atoms with Gasteiger partial charge in [0.05, 0.1) is 0 Å². The summed E-state index contributed by atoms with van der Waals surface area (Å²) in [4.78, 5) is 0. The Morgan fingerprint density at radius 3 is 2.00 bits per heavy atom. The normalized spacial score (nSPS) is 8.11. The van der Waals surface area contributed by atoms with Crippen LogP contribution in [0.2, 0.25) is 0 Å². The first kappa shape index (κ1) is 8.15. The lowest BCUT2D eigenvalue weighted by Gasteiger charge is -1.89. The number of benzene rings is 1. The van der Waals surface area contributed by atoms with E-state index in [1.54, 1.807) is 0 Å². The largest absolute Gasteiger partial charge is 0.269 e. The fraction of sp³-hybridized carbons (Fsp3) is 0.250. The molecule has 0 atom stereocenters. The van der Waals surface area contributed by atoms with Crippen molar-refractivity contribution in [2.75, 3.05) is 0 Å². The van der Waals surface area contributed by atoms with Crippen LogP contribution < -0.4 is 0 Å². The predicted molar refractivity (Wildman–Crippen MR) is 38.3 cm³/mol. The maximum Gasteiger partial charge on any atom is -0.0307 e. The van der Waals surface area contributed by atoms with Gasteiger partial charge in [-0.25, -0.2) is 0 Å². The zero-order valence-electron chi connectivity index (χ0n) is 5.50. The van der Waals surface area contributed by atoms with Crippen LogP contribution in [-0.4, -0.2) is 0 Å². The van der Waals surface area contributed by atoms with Gasteiger partial charge in [0.15, 0.2) is 0 Å². The monoisotopic (exact) mass is 126 g/mol. The molecular formula is C8H11F. The van der Waals surface area contributed by atoms with E-state index >= 15 is 0 Å². The van der Waals surface area contributed by atoms with E-state index in [0.717, 1.165) is 6.42 Å². The molecule has 0 radical (unpaired) electrons. The highest BCUT2D eigenvalue weighted by atomic mass is 19.0. The molecule has 0 aliphatic heterocycles. The Labute approximate surface area is 54.9 Å². The number of hydrogen-bond donors (Lipinski definition) is 0. The zero-order valence-corrected chi connectivity index (χ0v) is 5.50. The van der Waals surface area contributed by atoms with Crippen LogP contribution in [0.5, 0.6) is 0 Å². The smallest absolute Gasteiger partial charge is 0.0307 e. The zero-order chi connectivity index (χ0) is 5.82. The third-order valence-corrected chi connectivity index (χ3v) is 1.25. The summed E-state index contributed by atoms with van der Waals surface area (Å²) in [5.41, 5.74) is 1.41. The van der Waals surface area contributed by atoms with Gasteiger partial charge in [-0.05, 0) is 12.0 Å². The molecular weight excluding hydrogens is 115 g/mol. The summed E-state index contributed by atoms with van der Waals surface area (Å²) in [6.45, 7) is 2.16. The molecule has 0 spiro atoms. The van der Waals surface area contributed by atoms with Gasteiger partial charge in [-0.2, -0.15) is 0 Å². The minimum atomic E-state index is 0. The molecule has 1 aromatic rings. The Kier molecular flexibility index (Phi) is 3.69. The molecule has 0 saturated heterocycles. The van der Waals surface area contributed by atoms with Crippen LogP contribution in [0.25, 0.3) is 0 Å². The van der Waals surface area contributed by atoms with E-state index in [1.807, 2.05) is 6.07 Å². The molecule has 50 valence electrons. The number of hydrogen-bond acceptors (Lipinski definition) is 0. The molecule has 0 fully saturated rings. The Morgan fingerprint density at radius 2 is 1.67 bits per heavy atom. The number of rotatable bonds is 1. The maximum absolute atomic E-state index is 2.16. The van der Waals surface area contributed by atoms with Crippen molar-refractivity contribution in [1.29, 1.82) is 0 Å². The first-order valence-electron chi connectivity index (χ1n) is 2.97. The Bertz CT molecular complexity index is 146. The van der Waals surface area contributed by atoms with Crippen molar-refractivity contribution >= 4 is 0 Å². The SMILES string of the molecule is CCc1ccccc1.F. The number of halogens is 1. The van der Waals surface area contributed by atoms with Gasteiger partial charge in [-0.1, -0.05) is 37.3 Å². The molecule has 1 aromatic carbocycles. The van der Waals surface area contributed by atoms with Crippen molar-refractivity contribution in [2.24, 2.45) is 0 Å². The summed E-state index contributed by atoms with van der Waals surface area (Å²) in [6, 6.07) is 10.5. The van der Waals surface area contributed by atoms with Gasteiger partial charge in [0.1, 0.15) is 0 Å². The average molecular weight is 126 g/mol. The van der Waals surface area contributed by atoms with Gasteiger partial charge < -0.3 is 0 Å². The van der Waals surface area contributed by atoms with Crippen LogP contribution in [0.3, 0.4) is 0 Å². The fourth-order valence-electron chi connectivity index (χ4n) is 0.714. The molecule has 1 rings (SSSR count). The van der Waals surface area contributed by atoms with Crippen molar-refractivity contribution in [3.8, 4) is 0 Å². The van der Waals surface area contributed by atoms with Crippen LogP contribution in [0.4, 0.5) is 4.70 Å². The lowest BCUT2D eigenvalue weighted by molar-refractivity contribution is 1.11. The van der Waals surface area contributed by atoms with E-state index in [-0.39, 0.29) is 4.70 Å². The van der Waals surface area contributed by atoms with Gasteiger partial charge in [0.2, 0.25) is 0 Å².